The fourth-order valence-electron chi connectivity index (χ4n) is 2.33. The van der Waals surface area contributed by atoms with Gasteiger partial charge >= 0.3 is 5.97 Å². The second-order valence-electron chi connectivity index (χ2n) is 4.85. The molecule has 1 aliphatic rings. The van der Waals surface area contributed by atoms with Gasteiger partial charge in [0.1, 0.15) is 11.8 Å². The van der Waals surface area contributed by atoms with E-state index in [0.717, 1.165) is 12.8 Å². The topological polar surface area (TPSA) is 94.7 Å². The minimum absolute atomic E-state index is 0.0122. The molecule has 1 fully saturated rings. The number of aromatic carboxylic acids is 1. The average Bonchev–Trinajstić information content (AvgIpc) is 2.30. The van der Waals surface area contributed by atoms with Gasteiger partial charge in [0.05, 0.1) is 17.8 Å². The summed E-state index contributed by atoms with van der Waals surface area (Å²) < 4.78 is 11.4. The Morgan fingerprint density at radius 1 is 1.47 bits per heavy atom. The van der Waals surface area contributed by atoms with Gasteiger partial charge in [0.25, 0.3) is 0 Å². The van der Waals surface area contributed by atoms with Crippen LogP contribution in [-0.4, -0.2) is 34.4 Å². The van der Waals surface area contributed by atoms with Gasteiger partial charge in [0.15, 0.2) is 0 Å². The van der Waals surface area contributed by atoms with E-state index >= 15 is 0 Å². The van der Waals surface area contributed by atoms with Crippen LogP contribution in [0, 0.1) is 0 Å². The normalized spacial score (nSPS) is 26.9. The number of rotatable bonds is 3. The first kappa shape index (κ1) is 13.6. The van der Waals surface area contributed by atoms with E-state index in [1.165, 1.54) is 12.3 Å². The quantitative estimate of drug-likeness (QED) is 0.864. The molecule has 2 atom stereocenters. The molecule has 1 aromatic rings. The van der Waals surface area contributed by atoms with Crippen LogP contribution in [0.4, 0.5) is 5.69 Å². The number of nitrogens with zero attached hydrogens (tertiary/aromatic N) is 1. The number of carboxylic acids is 1. The van der Waals surface area contributed by atoms with Crippen molar-refractivity contribution in [3.63, 3.8) is 0 Å². The first-order chi connectivity index (χ1) is 8.97. The highest BCUT2D eigenvalue weighted by Gasteiger charge is 2.27. The van der Waals surface area contributed by atoms with Gasteiger partial charge in [0, 0.05) is 19.0 Å². The molecule has 1 aromatic heterocycles. The van der Waals surface area contributed by atoms with Crippen LogP contribution in [0.5, 0.6) is 5.88 Å². The summed E-state index contributed by atoms with van der Waals surface area (Å²) in [5.74, 6) is -0.898. The molecule has 6 heteroatoms. The summed E-state index contributed by atoms with van der Waals surface area (Å²) in [6.07, 6.45) is 3.03. The van der Waals surface area contributed by atoms with Gasteiger partial charge in [-0.25, -0.2) is 9.78 Å². The Kier molecular flexibility index (Phi) is 3.90. The van der Waals surface area contributed by atoms with Crippen molar-refractivity contribution < 1.29 is 19.4 Å². The van der Waals surface area contributed by atoms with Crippen LogP contribution in [0.1, 0.15) is 37.0 Å². The second kappa shape index (κ2) is 5.44. The smallest absolute Gasteiger partial charge is 0.338 e. The summed E-state index contributed by atoms with van der Waals surface area (Å²) in [6, 6.07) is 1.36. The Morgan fingerprint density at radius 3 is 2.68 bits per heavy atom. The van der Waals surface area contributed by atoms with Crippen LogP contribution in [0.3, 0.4) is 0 Å². The maximum atomic E-state index is 11.0. The molecule has 2 unspecified atom stereocenters. The molecular formula is C13H18N2O4. The van der Waals surface area contributed by atoms with Gasteiger partial charge in [-0.1, -0.05) is 0 Å². The van der Waals surface area contributed by atoms with Crippen molar-refractivity contribution in [1.82, 2.24) is 4.98 Å². The third-order valence-corrected chi connectivity index (χ3v) is 3.12. The van der Waals surface area contributed by atoms with E-state index in [-0.39, 0.29) is 35.4 Å². The Bertz CT molecular complexity index is 468. The Balaban J connectivity index is 2.15. The number of hydrogen-bond acceptors (Lipinski definition) is 5. The highest BCUT2D eigenvalue weighted by atomic mass is 16.5. The number of nitrogens with two attached hydrogens (primary N) is 1. The van der Waals surface area contributed by atoms with Gasteiger partial charge in [-0.15, -0.1) is 0 Å². The van der Waals surface area contributed by atoms with Crippen LogP contribution in [0.25, 0.3) is 0 Å². The summed E-state index contributed by atoms with van der Waals surface area (Å²) in [4.78, 5) is 15.0. The molecule has 0 aromatic carbocycles. The van der Waals surface area contributed by atoms with Crippen molar-refractivity contribution >= 4 is 11.7 Å². The molecule has 1 saturated heterocycles. The van der Waals surface area contributed by atoms with Gasteiger partial charge in [0.2, 0.25) is 5.88 Å². The highest BCUT2D eigenvalue weighted by Crippen LogP contribution is 2.28. The van der Waals surface area contributed by atoms with Gasteiger partial charge in [-0.3, -0.25) is 0 Å². The van der Waals surface area contributed by atoms with Gasteiger partial charge in [-0.05, 0) is 19.9 Å². The molecule has 0 amide bonds. The van der Waals surface area contributed by atoms with Gasteiger partial charge in [-0.2, -0.15) is 0 Å². The summed E-state index contributed by atoms with van der Waals surface area (Å²) >= 11 is 0. The molecule has 0 aliphatic carbocycles. The lowest BCUT2D eigenvalue weighted by molar-refractivity contribution is -0.0728. The van der Waals surface area contributed by atoms with E-state index in [4.69, 9.17) is 20.3 Å². The molecule has 0 saturated carbocycles. The highest BCUT2D eigenvalue weighted by molar-refractivity contribution is 5.94. The zero-order valence-corrected chi connectivity index (χ0v) is 11.0. The Hall–Kier alpha value is -1.82. The molecule has 0 bridgehead atoms. The molecule has 6 nitrogen and oxygen atoms in total. The van der Waals surface area contributed by atoms with Crippen molar-refractivity contribution in [3.05, 3.63) is 17.8 Å². The first-order valence-corrected chi connectivity index (χ1v) is 6.27. The minimum atomic E-state index is -1.08. The molecule has 0 spiro atoms. The van der Waals surface area contributed by atoms with E-state index in [9.17, 15) is 4.79 Å². The molecule has 3 N–H and O–H groups in total. The van der Waals surface area contributed by atoms with E-state index in [1.54, 1.807) is 0 Å². The van der Waals surface area contributed by atoms with Crippen LogP contribution in [0.15, 0.2) is 12.3 Å². The summed E-state index contributed by atoms with van der Waals surface area (Å²) in [7, 11) is 0. The Labute approximate surface area is 111 Å². The lowest BCUT2D eigenvalue weighted by Gasteiger charge is -2.32. The lowest BCUT2D eigenvalue weighted by Crippen LogP contribution is -2.36. The summed E-state index contributed by atoms with van der Waals surface area (Å²) in [6.45, 7) is 3.97. The van der Waals surface area contributed by atoms with Crippen molar-refractivity contribution in [2.75, 3.05) is 5.73 Å². The molecule has 0 radical (unpaired) electrons. The van der Waals surface area contributed by atoms with Crippen LogP contribution < -0.4 is 10.5 Å². The zero-order valence-electron chi connectivity index (χ0n) is 11.0. The fraction of sp³-hybridized carbons (Fsp3) is 0.538. The van der Waals surface area contributed by atoms with Crippen LogP contribution in [-0.2, 0) is 4.74 Å². The third kappa shape index (κ3) is 3.14. The maximum absolute atomic E-state index is 11.0. The lowest BCUT2D eigenvalue weighted by atomic mass is 10.0. The van der Waals surface area contributed by atoms with Crippen molar-refractivity contribution in [1.29, 1.82) is 0 Å². The minimum Gasteiger partial charge on any atom is -0.478 e. The maximum Gasteiger partial charge on any atom is 0.338 e. The number of anilines is 1. The third-order valence-electron chi connectivity index (χ3n) is 3.12. The molecule has 2 rings (SSSR count). The number of aromatic nitrogens is 1. The molecule has 2 heterocycles. The second-order valence-corrected chi connectivity index (χ2v) is 4.85. The molecule has 1 aliphatic heterocycles. The summed E-state index contributed by atoms with van der Waals surface area (Å²) in [5.41, 5.74) is 5.85. The zero-order chi connectivity index (χ0) is 14.0. The first-order valence-electron chi connectivity index (χ1n) is 6.27. The van der Waals surface area contributed by atoms with Crippen molar-refractivity contribution in [2.24, 2.45) is 0 Å². The number of carboxylic acid groups (broad SMARTS) is 1. The number of hydrogen-bond donors (Lipinski definition) is 2. The molecular weight excluding hydrogens is 248 g/mol. The van der Waals surface area contributed by atoms with Crippen LogP contribution in [0.2, 0.25) is 0 Å². The van der Waals surface area contributed by atoms with Gasteiger partial charge < -0.3 is 20.3 Å². The molecule has 19 heavy (non-hydrogen) atoms. The van der Waals surface area contributed by atoms with Crippen molar-refractivity contribution in [3.8, 4) is 5.88 Å². The number of pyridine rings is 1. The predicted octanol–water partition coefficient (Wildman–Crippen LogP) is 1.70. The van der Waals surface area contributed by atoms with E-state index < -0.39 is 5.97 Å². The summed E-state index contributed by atoms with van der Waals surface area (Å²) in [5, 5.41) is 9.00. The number of ether oxygens (including phenoxy) is 2. The SMILES string of the molecule is CC1CC(Oc2nccc(C(=O)O)c2N)CC(C)O1. The van der Waals surface area contributed by atoms with E-state index in [0.29, 0.717) is 0 Å². The largest absolute Gasteiger partial charge is 0.478 e. The predicted molar refractivity (Wildman–Crippen MR) is 69.3 cm³/mol. The number of carbonyl (C=O) groups is 1. The average molecular weight is 266 g/mol. The van der Waals surface area contributed by atoms with Crippen LogP contribution >= 0.6 is 0 Å². The molecule has 104 valence electrons. The van der Waals surface area contributed by atoms with E-state index in [1.807, 2.05) is 13.8 Å². The number of nitrogen functional groups attached to an aromatic ring is 1. The standard InChI is InChI=1S/C13H18N2O4/c1-7-5-9(6-8(2)18-7)19-12-11(14)10(13(16)17)3-4-15-12/h3-4,7-9H,5-6,14H2,1-2H3,(H,16,17). The Morgan fingerprint density at radius 2 is 2.11 bits per heavy atom. The van der Waals surface area contributed by atoms with Crippen molar-refractivity contribution in [2.45, 2.75) is 45.0 Å². The fourth-order valence-corrected chi connectivity index (χ4v) is 2.33. The monoisotopic (exact) mass is 266 g/mol. The van der Waals surface area contributed by atoms with E-state index in [2.05, 4.69) is 4.98 Å².